The van der Waals surface area contributed by atoms with Gasteiger partial charge in [-0.25, -0.2) is 0 Å². The van der Waals surface area contributed by atoms with Gasteiger partial charge in [-0.1, -0.05) is 12.1 Å². The molecule has 4 heterocycles. The van der Waals surface area contributed by atoms with Crippen molar-refractivity contribution in [2.75, 3.05) is 13.1 Å². The number of likely N-dealkylation sites (tertiary alicyclic amines) is 1. The molecular weight excluding hydrogens is 394 g/mol. The fourth-order valence-electron chi connectivity index (χ4n) is 5.69. The van der Waals surface area contributed by atoms with Crippen molar-refractivity contribution >= 4 is 11.9 Å². The van der Waals surface area contributed by atoms with Crippen LogP contribution in [0.25, 0.3) is 0 Å². The topological polar surface area (TPSA) is 84.2 Å². The summed E-state index contributed by atoms with van der Waals surface area (Å²) in [7, 11) is 0. The molecule has 1 saturated heterocycles. The molecule has 1 aromatic carbocycles. The number of hydrogen-bond donors (Lipinski definition) is 1. The second kappa shape index (κ2) is 6.07. The molecule has 7 nitrogen and oxygen atoms in total. The highest BCUT2D eigenvalue weighted by Gasteiger charge is 2.54. The van der Waals surface area contributed by atoms with E-state index in [0.29, 0.717) is 32.0 Å². The minimum absolute atomic E-state index is 0.206. The Balaban J connectivity index is 1.20. The van der Waals surface area contributed by atoms with Gasteiger partial charge in [-0.2, -0.15) is 4.99 Å². The number of nitrogens with zero attached hydrogens (tertiary/aromatic N) is 3. The quantitative estimate of drug-likeness (QED) is 0.707. The van der Waals surface area contributed by atoms with Gasteiger partial charge in [0, 0.05) is 37.7 Å². The molecular formula is C24H25N3O4. The van der Waals surface area contributed by atoms with Crippen molar-refractivity contribution in [1.29, 1.82) is 0 Å². The number of benzene rings is 1. The molecule has 1 atom stereocenters. The number of amidine groups is 1. The zero-order valence-corrected chi connectivity index (χ0v) is 17.7. The maximum absolute atomic E-state index is 12.9. The fourth-order valence-corrected chi connectivity index (χ4v) is 5.69. The number of aromatic nitrogens is 1. The van der Waals surface area contributed by atoms with E-state index in [0.717, 1.165) is 29.7 Å². The number of carbonyl (C=O) groups is 1. The molecule has 1 amide bonds. The number of aliphatic imine (C=N–C) groups is 1. The number of hydrogen-bond acceptors (Lipinski definition) is 6. The van der Waals surface area contributed by atoms with E-state index in [1.807, 2.05) is 18.3 Å². The Morgan fingerprint density at radius 3 is 2.65 bits per heavy atom. The van der Waals surface area contributed by atoms with Crippen LogP contribution in [0.15, 0.2) is 41.5 Å². The Morgan fingerprint density at radius 1 is 1.06 bits per heavy atom. The zero-order chi connectivity index (χ0) is 21.4. The Bertz CT molecular complexity index is 1130. The number of phenolic OH excluding ortho intramolecular Hbond substituents is 1. The predicted molar refractivity (Wildman–Crippen MR) is 113 cm³/mol. The van der Waals surface area contributed by atoms with Gasteiger partial charge < -0.3 is 19.5 Å². The van der Waals surface area contributed by atoms with Gasteiger partial charge in [0.15, 0.2) is 0 Å². The number of phenols is 1. The minimum atomic E-state index is -0.969. The predicted octanol–water partition coefficient (Wildman–Crippen LogP) is 2.79. The van der Waals surface area contributed by atoms with Gasteiger partial charge in [0.1, 0.15) is 11.4 Å². The molecule has 7 heteroatoms. The van der Waals surface area contributed by atoms with Crippen LogP contribution in [0.1, 0.15) is 49.1 Å². The van der Waals surface area contributed by atoms with E-state index in [9.17, 15) is 9.90 Å². The van der Waals surface area contributed by atoms with Gasteiger partial charge in [0.05, 0.1) is 11.3 Å². The van der Waals surface area contributed by atoms with E-state index in [-0.39, 0.29) is 17.3 Å². The van der Waals surface area contributed by atoms with Gasteiger partial charge in [-0.05, 0) is 56.0 Å². The van der Waals surface area contributed by atoms with Crippen LogP contribution < -0.4 is 0 Å². The number of carbonyl (C=O) groups excluding carboxylic acids is 1. The highest BCUT2D eigenvalue weighted by atomic mass is 16.5. The number of aromatic hydroxyl groups is 1. The summed E-state index contributed by atoms with van der Waals surface area (Å²) in [5, 5.41) is 9.78. The van der Waals surface area contributed by atoms with E-state index in [1.165, 1.54) is 5.56 Å². The number of fused-ring (bicyclic) bond motifs is 3. The Labute approximate surface area is 180 Å². The van der Waals surface area contributed by atoms with E-state index >= 15 is 0 Å². The van der Waals surface area contributed by atoms with E-state index in [1.54, 1.807) is 12.1 Å². The van der Waals surface area contributed by atoms with Crippen LogP contribution in [0, 0.1) is 0 Å². The van der Waals surface area contributed by atoms with Crippen molar-refractivity contribution in [2.24, 2.45) is 4.99 Å². The average molecular weight is 419 g/mol. The molecule has 4 aliphatic rings. The first-order chi connectivity index (χ1) is 14.8. The van der Waals surface area contributed by atoms with Crippen molar-refractivity contribution in [3.8, 4) is 5.75 Å². The molecule has 1 unspecified atom stereocenters. The van der Waals surface area contributed by atoms with Crippen LogP contribution in [0.2, 0.25) is 0 Å². The Morgan fingerprint density at radius 2 is 1.84 bits per heavy atom. The lowest BCUT2D eigenvalue weighted by atomic mass is 9.84. The monoisotopic (exact) mass is 419 g/mol. The van der Waals surface area contributed by atoms with Gasteiger partial charge in [-0.15, -0.1) is 0 Å². The summed E-state index contributed by atoms with van der Waals surface area (Å²) in [4.78, 5) is 23.8. The van der Waals surface area contributed by atoms with Crippen LogP contribution in [-0.2, 0) is 38.3 Å². The lowest BCUT2D eigenvalue weighted by molar-refractivity contribution is -0.148. The molecule has 1 aliphatic carbocycles. The standard InChI is InChI=1S/C24H25N3O4/c1-22(2)19-18(4-3-9-25-19)23(31-22)7-10-27(11-8-23)21-26-20(29)24(30-21)13-15-5-6-17(28)12-16(15)14-24/h3-6,9,12,28H,7-8,10-11,13-14H2,1-2H3. The highest BCUT2D eigenvalue weighted by Crippen LogP contribution is 2.51. The largest absolute Gasteiger partial charge is 0.508 e. The Kier molecular flexibility index (Phi) is 3.68. The van der Waals surface area contributed by atoms with Crippen LogP contribution in [-0.4, -0.2) is 45.6 Å². The molecule has 2 spiro atoms. The Hall–Kier alpha value is -2.93. The third-order valence-corrected chi connectivity index (χ3v) is 7.18. The van der Waals surface area contributed by atoms with Crippen LogP contribution in [0.3, 0.4) is 0 Å². The van der Waals surface area contributed by atoms with Gasteiger partial charge in [0.2, 0.25) is 5.60 Å². The molecule has 160 valence electrons. The van der Waals surface area contributed by atoms with E-state index in [2.05, 4.69) is 34.8 Å². The van der Waals surface area contributed by atoms with Gasteiger partial charge in [0.25, 0.3) is 11.9 Å². The smallest absolute Gasteiger partial charge is 0.296 e. The summed E-state index contributed by atoms with van der Waals surface area (Å²) in [6, 6.07) is 9.75. The van der Waals surface area contributed by atoms with Crippen molar-refractivity contribution in [2.45, 2.75) is 56.3 Å². The SMILES string of the molecule is CC1(C)OC2(CCN(C3=NC(=O)C4(Cc5ccc(O)cc5C4)O3)CC2)c2cccnc21. The molecule has 31 heavy (non-hydrogen) atoms. The average Bonchev–Trinajstić information content (AvgIpc) is 3.33. The molecule has 1 N–H and O–H groups in total. The third-order valence-electron chi connectivity index (χ3n) is 7.18. The normalized spacial score (nSPS) is 27.4. The fraction of sp³-hybridized carbons (Fsp3) is 0.458. The molecule has 0 bridgehead atoms. The number of amides is 1. The van der Waals surface area contributed by atoms with E-state index in [4.69, 9.17) is 9.47 Å². The van der Waals surface area contributed by atoms with Crippen molar-refractivity contribution in [3.05, 3.63) is 58.9 Å². The highest BCUT2D eigenvalue weighted by molar-refractivity contribution is 6.02. The summed E-state index contributed by atoms with van der Waals surface area (Å²) < 4.78 is 12.8. The number of pyridine rings is 1. The van der Waals surface area contributed by atoms with Crippen molar-refractivity contribution in [1.82, 2.24) is 9.88 Å². The zero-order valence-electron chi connectivity index (χ0n) is 17.7. The maximum atomic E-state index is 12.9. The minimum Gasteiger partial charge on any atom is -0.508 e. The summed E-state index contributed by atoms with van der Waals surface area (Å²) in [6.45, 7) is 5.53. The molecule has 6 rings (SSSR count). The number of rotatable bonds is 0. The third kappa shape index (κ3) is 2.65. The van der Waals surface area contributed by atoms with Gasteiger partial charge in [-0.3, -0.25) is 9.78 Å². The first-order valence-corrected chi connectivity index (χ1v) is 10.8. The van der Waals surface area contributed by atoms with Crippen molar-refractivity contribution in [3.63, 3.8) is 0 Å². The molecule has 2 aromatic rings. The number of ether oxygens (including phenoxy) is 2. The number of piperidine rings is 1. The van der Waals surface area contributed by atoms with E-state index < -0.39 is 11.2 Å². The summed E-state index contributed by atoms with van der Waals surface area (Å²) in [6.07, 6.45) is 4.32. The molecule has 0 radical (unpaired) electrons. The van der Waals surface area contributed by atoms with Crippen LogP contribution in [0.4, 0.5) is 0 Å². The molecule has 1 fully saturated rings. The molecule has 0 saturated carbocycles. The molecule has 1 aromatic heterocycles. The summed E-state index contributed by atoms with van der Waals surface area (Å²) >= 11 is 0. The first-order valence-electron chi connectivity index (χ1n) is 10.8. The maximum Gasteiger partial charge on any atom is 0.296 e. The second-order valence-electron chi connectivity index (χ2n) is 9.60. The van der Waals surface area contributed by atoms with Crippen molar-refractivity contribution < 1.29 is 19.4 Å². The lowest BCUT2D eigenvalue weighted by Gasteiger charge is -2.41. The lowest BCUT2D eigenvalue weighted by Crippen LogP contribution is -2.47. The van der Waals surface area contributed by atoms with Crippen LogP contribution >= 0.6 is 0 Å². The first kappa shape index (κ1) is 18.8. The second-order valence-corrected chi connectivity index (χ2v) is 9.60. The molecule has 3 aliphatic heterocycles. The van der Waals surface area contributed by atoms with Crippen LogP contribution in [0.5, 0.6) is 5.75 Å². The summed E-state index contributed by atoms with van der Waals surface area (Å²) in [5.74, 6) is -0.0238. The van der Waals surface area contributed by atoms with Gasteiger partial charge >= 0.3 is 0 Å². The summed E-state index contributed by atoms with van der Waals surface area (Å²) in [5.41, 5.74) is 2.43.